The first-order valence-electron chi connectivity index (χ1n) is 7.07. The maximum Gasteiger partial charge on any atom is 0.326 e. The van der Waals surface area contributed by atoms with Crippen LogP contribution in [0.25, 0.3) is 0 Å². The van der Waals surface area contributed by atoms with E-state index >= 15 is 0 Å². The predicted octanol–water partition coefficient (Wildman–Crippen LogP) is 0.781. The van der Waals surface area contributed by atoms with Gasteiger partial charge in [-0.1, -0.05) is 25.5 Å². The number of ether oxygens (including phenoxy) is 1. The molecule has 0 bridgehead atoms. The number of benzene rings is 1. The molecule has 1 heterocycles. The molecule has 0 saturated carbocycles. The van der Waals surface area contributed by atoms with Crippen LogP contribution in [0.3, 0.4) is 0 Å². The fourth-order valence-electron chi connectivity index (χ4n) is 2.26. The van der Waals surface area contributed by atoms with Gasteiger partial charge in [-0.3, -0.25) is 14.5 Å². The zero-order valence-electron chi connectivity index (χ0n) is 12.2. The van der Waals surface area contributed by atoms with Crippen molar-refractivity contribution in [2.24, 2.45) is 0 Å². The smallest absolute Gasteiger partial charge is 0.326 e. The summed E-state index contributed by atoms with van der Waals surface area (Å²) in [6, 6.07) is 5.96. The predicted molar refractivity (Wildman–Crippen MR) is 78.8 cm³/mol. The summed E-state index contributed by atoms with van der Waals surface area (Å²) in [5, 5.41) is 11.5. The first kappa shape index (κ1) is 15.8. The second-order valence-corrected chi connectivity index (χ2v) is 4.98. The molecule has 0 fully saturated rings. The summed E-state index contributed by atoms with van der Waals surface area (Å²) in [5.41, 5.74) is 0.510. The van der Waals surface area contributed by atoms with Crippen LogP contribution in [0.15, 0.2) is 24.3 Å². The van der Waals surface area contributed by atoms with Gasteiger partial charge in [-0.05, 0) is 18.6 Å². The zero-order chi connectivity index (χ0) is 16.1. The maximum absolute atomic E-state index is 12.0. The Morgan fingerprint density at radius 3 is 2.82 bits per heavy atom. The Balaban J connectivity index is 2.08. The molecule has 7 nitrogen and oxygen atoms in total. The minimum Gasteiger partial charge on any atom is -0.482 e. The lowest BCUT2D eigenvalue weighted by atomic mass is 10.1. The van der Waals surface area contributed by atoms with Crippen molar-refractivity contribution < 1.29 is 24.2 Å². The molecule has 1 unspecified atom stereocenters. The van der Waals surface area contributed by atoms with Gasteiger partial charge in [0.25, 0.3) is 5.91 Å². The Kier molecular flexibility index (Phi) is 4.98. The van der Waals surface area contributed by atoms with Crippen LogP contribution in [0.5, 0.6) is 5.75 Å². The number of anilines is 1. The van der Waals surface area contributed by atoms with Crippen molar-refractivity contribution in [3.63, 3.8) is 0 Å². The van der Waals surface area contributed by atoms with Gasteiger partial charge in [-0.25, -0.2) is 4.79 Å². The number of nitrogens with one attached hydrogen (secondary N) is 1. The summed E-state index contributed by atoms with van der Waals surface area (Å²) in [5.74, 6) is -1.40. The molecular formula is C15H18N2O5. The molecule has 1 atom stereocenters. The molecule has 1 aliphatic heterocycles. The third-order valence-corrected chi connectivity index (χ3v) is 3.32. The maximum atomic E-state index is 12.0. The van der Waals surface area contributed by atoms with E-state index in [0.717, 1.165) is 0 Å². The molecule has 1 aromatic carbocycles. The van der Waals surface area contributed by atoms with Gasteiger partial charge in [0.15, 0.2) is 6.61 Å². The minimum atomic E-state index is -1.08. The van der Waals surface area contributed by atoms with Crippen LogP contribution in [-0.2, 0) is 14.4 Å². The van der Waals surface area contributed by atoms with Crippen LogP contribution < -0.4 is 15.0 Å². The number of hydrogen-bond acceptors (Lipinski definition) is 4. The van der Waals surface area contributed by atoms with E-state index in [9.17, 15) is 14.4 Å². The highest BCUT2D eigenvalue weighted by Gasteiger charge is 2.28. The quantitative estimate of drug-likeness (QED) is 0.809. The SMILES string of the molecule is CCCC(NC(=O)CN1C(=O)COc2ccccc21)C(=O)O. The van der Waals surface area contributed by atoms with Crippen LogP contribution in [0.4, 0.5) is 5.69 Å². The normalized spacial score (nSPS) is 14.8. The van der Waals surface area contributed by atoms with Crippen LogP contribution in [0.2, 0.25) is 0 Å². The van der Waals surface area contributed by atoms with Gasteiger partial charge in [-0.2, -0.15) is 0 Å². The van der Waals surface area contributed by atoms with E-state index in [1.165, 1.54) is 4.90 Å². The summed E-state index contributed by atoms with van der Waals surface area (Å²) in [6.07, 6.45) is 0.977. The van der Waals surface area contributed by atoms with Crippen LogP contribution in [0.1, 0.15) is 19.8 Å². The second-order valence-electron chi connectivity index (χ2n) is 4.98. The molecule has 0 spiro atoms. The topological polar surface area (TPSA) is 95.9 Å². The Morgan fingerprint density at radius 1 is 1.41 bits per heavy atom. The number of carboxylic acid groups (broad SMARTS) is 1. The lowest BCUT2D eigenvalue weighted by Crippen LogP contribution is -2.49. The third-order valence-electron chi connectivity index (χ3n) is 3.32. The summed E-state index contributed by atoms with van der Waals surface area (Å²) in [4.78, 5) is 36.4. The van der Waals surface area contributed by atoms with Crippen molar-refractivity contribution in [2.75, 3.05) is 18.1 Å². The van der Waals surface area contributed by atoms with E-state index in [2.05, 4.69) is 5.32 Å². The van der Waals surface area contributed by atoms with Crippen molar-refractivity contribution in [3.8, 4) is 5.75 Å². The summed E-state index contributed by atoms with van der Waals surface area (Å²) >= 11 is 0. The number of para-hydroxylation sites is 2. The van der Waals surface area contributed by atoms with E-state index < -0.39 is 17.9 Å². The van der Waals surface area contributed by atoms with Crippen molar-refractivity contribution in [1.82, 2.24) is 5.32 Å². The number of carboxylic acids is 1. The van der Waals surface area contributed by atoms with Crippen LogP contribution in [-0.4, -0.2) is 42.1 Å². The molecule has 2 amide bonds. The molecule has 118 valence electrons. The van der Waals surface area contributed by atoms with Crippen LogP contribution >= 0.6 is 0 Å². The molecule has 0 radical (unpaired) electrons. The largest absolute Gasteiger partial charge is 0.482 e. The molecule has 22 heavy (non-hydrogen) atoms. The second kappa shape index (κ2) is 6.93. The van der Waals surface area contributed by atoms with E-state index in [1.54, 1.807) is 24.3 Å². The van der Waals surface area contributed by atoms with E-state index in [1.807, 2.05) is 6.92 Å². The van der Waals surface area contributed by atoms with Crippen molar-refractivity contribution in [1.29, 1.82) is 0 Å². The Bertz CT molecular complexity index is 587. The molecule has 2 rings (SSSR count). The number of fused-ring (bicyclic) bond motifs is 1. The number of carbonyl (C=O) groups is 3. The van der Waals surface area contributed by atoms with Crippen molar-refractivity contribution in [3.05, 3.63) is 24.3 Å². The molecule has 0 saturated heterocycles. The standard InChI is InChI=1S/C15H18N2O5/c1-2-5-10(15(20)21)16-13(18)8-17-11-6-3-4-7-12(11)22-9-14(17)19/h3-4,6-7,10H,2,5,8-9H2,1H3,(H,16,18)(H,20,21). The number of aliphatic carboxylic acids is 1. The van der Waals surface area contributed by atoms with Gasteiger partial charge >= 0.3 is 5.97 Å². The van der Waals surface area contributed by atoms with Gasteiger partial charge in [0, 0.05) is 0 Å². The van der Waals surface area contributed by atoms with Crippen molar-refractivity contribution in [2.45, 2.75) is 25.8 Å². The summed E-state index contributed by atoms with van der Waals surface area (Å²) in [6.45, 7) is 1.47. The molecule has 0 aliphatic carbocycles. The molecule has 1 aliphatic rings. The van der Waals surface area contributed by atoms with Gasteiger partial charge in [0.1, 0.15) is 18.3 Å². The number of rotatable bonds is 6. The minimum absolute atomic E-state index is 0.137. The number of carbonyl (C=O) groups excluding carboxylic acids is 2. The highest BCUT2D eigenvalue weighted by atomic mass is 16.5. The molecule has 0 aromatic heterocycles. The fraction of sp³-hybridized carbons (Fsp3) is 0.400. The van der Waals surface area contributed by atoms with Gasteiger partial charge in [0.2, 0.25) is 5.91 Å². The number of amides is 2. The van der Waals surface area contributed by atoms with Gasteiger partial charge < -0.3 is 15.2 Å². The Morgan fingerprint density at radius 2 is 2.14 bits per heavy atom. The number of hydrogen-bond donors (Lipinski definition) is 2. The zero-order valence-corrected chi connectivity index (χ0v) is 12.2. The van der Waals surface area contributed by atoms with Gasteiger partial charge in [-0.15, -0.1) is 0 Å². The fourth-order valence-corrected chi connectivity index (χ4v) is 2.26. The third kappa shape index (κ3) is 3.55. The van der Waals surface area contributed by atoms with E-state index in [4.69, 9.17) is 9.84 Å². The average molecular weight is 306 g/mol. The molecule has 2 N–H and O–H groups in total. The monoisotopic (exact) mass is 306 g/mol. The molecular weight excluding hydrogens is 288 g/mol. The highest BCUT2D eigenvalue weighted by molar-refractivity contribution is 6.02. The first-order valence-corrected chi connectivity index (χ1v) is 7.07. The van der Waals surface area contributed by atoms with Gasteiger partial charge in [0.05, 0.1) is 5.69 Å². The molecule has 1 aromatic rings. The Labute approximate surface area is 127 Å². The lowest BCUT2D eigenvalue weighted by molar-refractivity contribution is -0.141. The first-order chi connectivity index (χ1) is 10.5. The Hall–Kier alpha value is -2.57. The van der Waals surface area contributed by atoms with Crippen molar-refractivity contribution >= 4 is 23.5 Å². The average Bonchev–Trinajstić information content (AvgIpc) is 2.49. The van der Waals surface area contributed by atoms with E-state index in [-0.39, 0.29) is 19.1 Å². The summed E-state index contributed by atoms with van der Waals surface area (Å²) < 4.78 is 5.29. The molecule has 7 heteroatoms. The number of nitrogens with zero attached hydrogens (tertiary/aromatic N) is 1. The highest BCUT2D eigenvalue weighted by Crippen LogP contribution is 2.31. The van der Waals surface area contributed by atoms with E-state index in [0.29, 0.717) is 24.3 Å². The lowest BCUT2D eigenvalue weighted by Gasteiger charge is -2.29. The van der Waals surface area contributed by atoms with Crippen LogP contribution in [0, 0.1) is 0 Å². The summed E-state index contributed by atoms with van der Waals surface area (Å²) in [7, 11) is 0.